The van der Waals surface area contributed by atoms with Crippen LogP contribution in [0.25, 0.3) is 0 Å². The lowest BCUT2D eigenvalue weighted by Gasteiger charge is -2.47. The fourth-order valence-electron chi connectivity index (χ4n) is 3.97. The zero-order valence-corrected chi connectivity index (χ0v) is 16.0. The molecule has 0 bridgehead atoms. The van der Waals surface area contributed by atoms with E-state index in [4.69, 9.17) is 11.6 Å². The molecule has 0 fully saturated rings. The van der Waals surface area contributed by atoms with Crippen molar-refractivity contribution >= 4 is 28.9 Å². The van der Waals surface area contributed by atoms with E-state index in [1.807, 2.05) is 6.07 Å². The van der Waals surface area contributed by atoms with Crippen LogP contribution in [0.4, 0.5) is 11.4 Å². The summed E-state index contributed by atoms with van der Waals surface area (Å²) >= 11 is 5.89. The highest BCUT2D eigenvalue weighted by atomic mass is 35.5. The molecule has 1 N–H and O–H groups in total. The van der Waals surface area contributed by atoms with Gasteiger partial charge in [-0.1, -0.05) is 24.6 Å². The third kappa shape index (κ3) is 3.52. The van der Waals surface area contributed by atoms with Crippen LogP contribution < -0.4 is 10.2 Å². The molecule has 25 heavy (non-hydrogen) atoms. The van der Waals surface area contributed by atoms with Gasteiger partial charge in [0.1, 0.15) is 0 Å². The monoisotopic (exact) mass is 356 g/mol. The van der Waals surface area contributed by atoms with Crippen LogP contribution in [0.1, 0.15) is 56.0 Å². The molecule has 4 heteroatoms. The van der Waals surface area contributed by atoms with E-state index in [1.54, 1.807) is 24.3 Å². The first-order valence-electron chi connectivity index (χ1n) is 8.80. The predicted octanol–water partition coefficient (Wildman–Crippen LogP) is 5.70. The summed E-state index contributed by atoms with van der Waals surface area (Å²) in [5.41, 5.74) is 4.11. The first-order chi connectivity index (χ1) is 11.8. The van der Waals surface area contributed by atoms with Gasteiger partial charge in [0.25, 0.3) is 5.91 Å². The zero-order chi connectivity index (χ0) is 18.2. The second kappa shape index (κ2) is 6.72. The van der Waals surface area contributed by atoms with E-state index >= 15 is 0 Å². The first kappa shape index (κ1) is 17.8. The number of hydrogen-bond acceptors (Lipinski definition) is 2. The summed E-state index contributed by atoms with van der Waals surface area (Å²) in [6.07, 6.45) is 1.13. The maximum absolute atomic E-state index is 12.5. The number of hydrogen-bond donors (Lipinski definition) is 1. The van der Waals surface area contributed by atoms with Gasteiger partial charge >= 0.3 is 0 Å². The summed E-state index contributed by atoms with van der Waals surface area (Å²) in [5.74, 6) is 0.386. The molecule has 1 heterocycles. The van der Waals surface area contributed by atoms with E-state index in [2.05, 4.69) is 50.0 Å². The van der Waals surface area contributed by atoms with Crippen molar-refractivity contribution in [3.8, 4) is 0 Å². The van der Waals surface area contributed by atoms with Gasteiger partial charge in [0.05, 0.1) is 0 Å². The third-order valence-electron chi connectivity index (χ3n) is 5.07. The maximum Gasteiger partial charge on any atom is 0.255 e. The fraction of sp³-hybridized carbons (Fsp3) is 0.381. The molecule has 2 aromatic rings. The Morgan fingerprint density at radius 1 is 1.24 bits per heavy atom. The largest absolute Gasteiger partial charge is 0.366 e. The highest BCUT2D eigenvalue weighted by molar-refractivity contribution is 6.30. The van der Waals surface area contributed by atoms with Gasteiger partial charge in [-0.2, -0.15) is 0 Å². The Hall–Kier alpha value is -2.00. The van der Waals surface area contributed by atoms with E-state index in [9.17, 15) is 4.79 Å². The molecule has 0 spiro atoms. The Balaban J connectivity index is 1.90. The molecule has 0 aromatic heterocycles. The van der Waals surface area contributed by atoms with Crippen molar-refractivity contribution in [1.29, 1.82) is 0 Å². The molecule has 3 nitrogen and oxygen atoms in total. The van der Waals surface area contributed by atoms with E-state index in [-0.39, 0.29) is 11.4 Å². The minimum Gasteiger partial charge on any atom is -0.366 e. The highest BCUT2D eigenvalue weighted by Crippen LogP contribution is 2.44. The van der Waals surface area contributed by atoms with E-state index in [0.29, 0.717) is 16.5 Å². The summed E-state index contributed by atoms with van der Waals surface area (Å²) in [5, 5.41) is 3.63. The number of rotatable bonds is 3. The minimum absolute atomic E-state index is 0.111. The number of benzene rings is 2. The Bertz CT molecular complexity index is 783. The van der Waals surface area contributed by atoms with Crippen LogP contribution in [0.3, 0.4) is 0 Å². The minimum atomic E-state index is -0.122. The predicted molar refractivity (Wildman–Crippen MR) is 106 cm³/mol. The molecule has 1 aliphatic heterocycles. The summed E-state index contributed by atoms with van der Waals surface area (Å²) in [6, 6.07) is 13.2. The Morgan fingerprint density at radius 2 is 1.92 bits per heavy atom. The van der Waals surface area contributed by atoms with Crippen LogP contribution in [0.2, 0.25) is 5.02 Å². The van der Waals surface area contributed by atoms with Gasteiger partial charge in [0.15, 0.2) is 0 Å². The van der Waals surface area contributed by atoms with Crippen LogP contribution in [-0.2, 0) is 0 Å². The van der Waals surface area contributed by atoms with E-state index in [0.717, 1.165) is 18.7 Å². The molecule has 132 valence electrons. The molecule has 1 atom stereocenters. The number of nitrogens with one attached hydrogen (secondary N) is 1. The average molecular weight is 357 g/mol. The van der Waals surface area contributed by atoms with E-state index in [1.165, 1.54) is 11.3 Å². The molecule has 1 amide bonds. The maximum atomic E-state index is 12.5. The number of nitrogens with zero attached hydrogens (tertiary/aromatic N) is 1. The average Bonchev–Trinajstić information content (AvgIpc) is 2.54. The zero-order valence-electron chi connectivity index (χ0n) is 15.3. The van der Waals surface area contributed by atoms with Crippen molar-refractivity contribution in [3.05, 3.63) is 58.6 Å². The van der Waals surface area contributed by atoms with Crippen LogP contribution >= 0.6 is 11.6 Å². The number of anilines is 2. The van der Waals surface area contributed by atoms with Gasteiger partial charge < -0.3 is 10.2 Å². The van der Waals surface area contributed by atoms with Gasteiger partial charge in [0, 0.05) is 34.0 Å². The van der Waals surface area contributed by atoms with Crippen LogP contribution in [-0.4, -0.2) is 18.0 Å². The summed E-state index contributed by atoms with van der Waals surface area (Å²) < 4.78 is 0. The lowest BCUT2D eigenvalue weighted by atomic mass is 9.80. The summed E-state index contributed by atoms with van der Waals surface area (Å²) in [7, 11) is 0. The van der Waals surface area contributed by atoms with Crippen molar-refractivity contribution in [2.45, 2.75) is 45.6 Å². The van der Waals surface area contributed by atoms with Crippen LogP contribution in [0.5, 0.6) is 0 Å². The molecule has 0 saturated heterocycles. The third-order valence-corrected chi connectivity index (χ3v) is 5.32. The molecule has 0 aliphatic carbocycles. The molecule has 1 unspecified atom stereocenters. The lowest BCUT2D eigenvalue weighted by Crippen LogP contribution is -2.48. The molecule has 2 aromatic carbocycles. The normalized spacial score (nSPS) is 18.6. The van der Waals surface area contributed by atoms with Gasteiger partial charge in [-0.25, -0.2) is 0 Å². The molecule has 0 radical (unpaired) electrons. The van der Waals surface area contributed by atoms with Gasteiger partial charge in [0.2, 0.25) is 0 Å². The molecule has 3 rings (SSSR count). The molecule has 1 aliphatic rings. The highest BCUT2D eigenvalue weighted by Gasteiger charge is 2.35. The quantitative estimate of drug-likeness (QED) is 0.764. The fourth-order valence-corrected chi connectivity index (χ4v) is 4.10. The molecular formula is C21H25ClN2O. The van der Waals surface area contributed by atoms with Crippen molar-refractivity contribution < 1.29 is 4.79 Å². The number of fused-ring (bicyclic) bond motifs is 1. The standard InChI is InChI=1S/C21H25ClN2O/c1-5-24-19-12-17(10-11-18(19)14(2)13-21(24,3)4)23-20(25)15-6-8-16(22)9-7-15/h6-12,14H,5,13H2,1-4H3,(H,23,25). The second-order valence-corrected chi connectivity index (χ2v) is 7.83. The Labute approximate surface area is 155 Å². The number of amides is 1. The van der Waals surface area contributed by atoms with E-state index < -0.39 is 0 Å². The smallest absolute Gasteiger partial charge is 0.255 e. The van der Waals surface area contributed by atoms with Crippen molar-refractivity contribution in [2.24, 2.45) is 0 Å². The first-order valence-corrected chi connectivity index (χ1v) is 9.18. The Kier molecular flexibility index (Phi) is 4.79. The van der Waals surface area contributed by atoms with Crippen LogP contribution in [0.15, 0.2) is 42.5 Å². The van der Waals surface area contributed by atoms with Gasteiger partial charge in [-0.15, -0.1) is 0 Å². The number of halogens is 1. The topological polar surface area (TPSA) is 32.3 Å². The van der Waals surface area contributed by atoms with Crippen LogP contribution in [0, 0.1) is 0 Å². The van der Waals surface area contributed by atoms with Crippen molar-refractivity contribution in [3.63, 3.8) is 0 Å². The van der Waals surface area contributed by atoms with Crippen molar-refractivity contribution in [2.75, 3.05) is 16.8 Å². The summed E-state index contributed by atoms with van der Waals surface area (Å²) in [6.45, 7) is 9.98. The SMILES string of the molecule is CCN1c2cc(NC(=O)c3ccc(Cl)cc3)ccc2C(C)CC1(C)C. The summed E-state index contributed by atoms with van der Waals surface area (Å²) in [4.78, 5) is 14.9. The second-order valence-electron chi connectivity index (χ2n) is 7.40. The number of carbonyl (C=O) groups is 1. The lowest BCUT2D eigenvalue weighted by molar-refractivity contribution is 0.102. The van der Waals surface area contributed by atoms with Crippen molar-refractivity contribution in [1.82, 2.24) is 0 Å². The van der Waals surface area contributed by atoms with Gasteiger partial charge in [-0.3, -0.25) is 4.79 Å². The molecular weight excluding hydrogens is 332 g/mol. The Morgan fingerprint density at radius 3 is 2.56 bits per heavy atom. The molecule has 0 saturated carbocycles. The number of carbonyl (C=O) groups excluding carboxylic acids is 1. The van der Waals surface area contributed by atoms with Gasteiger partial charge in [-0.05, 0) is 75.1 Å².